The van der Waals surface area contributed by atoms with Crippen LogP contribution in [0, 0.1) is 0 Å². The van der Waals surface area contributed by atoms with E-state index >= 15 is 0 Å². The van der Waals surface area contributed by atoms with Crippen molar-refractivity contribution in [3.63, 3.8) is 0 Å². The SMILES string of the molecule is CCOc1ccc(C(O)CCNCCOC)cc1OCC. The number of nitrogens with one attached hydrogen (secondary N) is 1. The Labute approximate surface area is 127 Å². The Hall–Kier alpha value is -1.30. The lowest BCUT2D eigenvalue weighted by atomic mass is 10.1. The molecule has 1 aromatic carbocycles. The van der Waals surface area contributed by atoms with Crippen molar-refractivity contribution in [1.29, 1.82) is 0 Å². The smallest absolute Gasteiger partial charge is 0.161 e. The molecule has 1 aromatic rings. The molecule has 0 spiro atoms. The molecule has 2 N–H and O–H groups in total. The quantitative estimate of drug-likeness (QED) is 0.613. The molecule has 0 bridgehead atoms. The van der Waals surface area contributed by atoms with Crippen molar-refractivity contribution in [2.75, 3.05) is 40.0 Å². The Morgan fingerprint density at radius 2 is 1.81 bits per heavy atom. The maximum absolute atomic E-state index is 10.2. The van der Waals surface area contributed by atoms with E-state index in [1.54, 1.807) is 7.11 Å². The number of rotatable bonds is 11. The molecule has 1 rings (SSSR count). The second kappa shape index (κ2) is 10.4. The minimum absolute atomic E-state index is 0.519. The summed E-state index contributed by atoms with van der Waals surface area (Å²) >= 11 is 0. The molecular formula is C16H27NO4. The van der Waals surface area contributed by atoms with E-state index < -0.39 is 6.10 Å². The van der Waals surface area contributed by atoms with Gasteiger partial charge in [0.25, 0.3) is 0 Å². The lowest BCUT2D eigenvalue weighted by Crippen LogP contribution is -2.21. The third-order valence-corrected chi connectivity index (χ3v) is 3.03. The zero-order valence-electron chi connectivity index (χ0n) is 13.2. The topological polar surface area (TPSA) is 60.0 Å². The Morgan fingerprint density at radius 3 is 2.48 bits per heavy atom. The lowest BCUT2D eigenvalue weighted by molar-refractivity contribution is 0.162. The zero-order valence-corrected chi connectivity index (χ0v) is 13.2. The molecule has 0 saturated carbocycles. The summed E-state index contributed by atoms with van der Waals surface area (Å²) in [6.07, 6.45) is 0.124. The fourth-order valence-electron chi connectivity index (χ4n) is 1.98. The molecule has 1 unspecified atom stereocenters. The maximum Gasteiger partial charge on any atom is 0.161 e. The second-order valence-electron chi connectivity index (χ2n) is 4.62. The first-order chi connectivity index (χ1) is 10.2. The Bertz CT molecular complexity index is 398. The van der Waals surface area contributed by atoms with Gasteiger partial charge in [-0.1, -0.05) is 6.07 Å². The Kier molecular flexibility index (Phi) is 8.82. The molecule has 0 aliphatic rings. The van der Waals surface area contributed by atoms with Crippen LogP contribution in [0.2, 0.25) is 0 Å². The predicted molar refractivity (Wildman–Crippen MR) is 83.1 cm³/mol. The number of benzene rings is 1. The lowest BCUT2D eigenvalue weighted by Gasteiger charge is -2.16. The zero-order chi connectivity index (χ0) is 15.5. The molecule has 5 nitrogen and oxygen atoms in total. The van der Waals surface area contributed by atoms with Crippen molar-refractivity contribution in [2.45, 2.75) is 26.4 Å². The average Bonchev–Trinajstić information content (AvgIpc) is 2.49. The van der Waals surface area contributed by atoms with Crippen LogP contribution in [-0.2, 0) is 4.74 Å². The van der Waals surface area contributed by atoms with Gasteiger partial charge in [-0.2, -0.15) is 0 Å². The van der Waals surface area contributed by atoms with Gasteiger partial charge in [-0.15, -0.1) is 0 Å². The van der Waals surface area contributed by atoms with Gasteiger partial charge in [-0.05, 0) is 44.5 Å². The van der Waals surface area contributed by atoms with Gasteiger partial charge >= 0.3 is 0 Å². The molecule has 21 heavy (non-hydrogen) atoms. The first kappa shape index (κ1) is 17.8. The molecule has 0 aliphatic carbocycles. The van der Waals surface area contributed by atoms with Gasteiger partial charge in [-0.25, -0.2) is 0 Å². The number of hydrogen-bond donors (Lipinski definition) is 2. The van der Waals surface area contributed by atoms with E-state index in [2.05, 4.69) is 5.32 Å². The monoisotopic (exact) mass is 297 g/mol. The first-order valence-corrected chi connectivity index (χ1v) is 7.50. The van der Waals surface area contributed by atoms with Crippen molar-refractivity contribution in [2.24, 2.45) is 0 Å². The maximum atomic E-state index is 10.2. The van der Waals surface area contributed by atoms with Crippen LogP contribution in [0.1, 0.15) is 31.9 Å². The number of ether oxygens (including phenoxy) is 3. The van der Waals surface area contributed by atoms with Crippen LogP contribution in [0.5, 0.6) is 11.5 Å². The van der Waals surface area contributed by atoms with Gasteiger partial charge < -0.3 is 24.6 Å². The van der Waals surface area contributed by atoms with Crippen molar-refractivity contribution < 1.29 is 19.3 Å². The van der Waals surface area contributed by atoms with Crippen molar-refractivity contribution in [3.05, 3.63) is 23.8 Å². The third-order valence-electron chi connectivity index (χ3n) is 3.03. The minimum atomic E-state index is -0.519. The molecule has 5 heteroatoms. The van der Waals surface area contributed by atoms with E-state index in [0.717, 1.165) is 18.7 Å². The number of aliphatic hydroxyl groups is 1. The summed E-state index contributed by atoms with van der Waals surface area (Å²) in [6, 6.07) is 5.59. The van der Waals surface area contributed by atoms with Crippen LogP contribution >= 0.6 is 0 Å². The van der Waals surface area contributed by atoms with Gasteiger partial charge in [0.05, 0.1) is 25.9 Å². The molecule has 0 saturated heterocycles. The summed E-state index contributed by atoms with van der Waals surface area (Å²) in [6.45, 7) is 7.22. The molecule has 120 valence electrons. The third kappa shape index (κ3) is 6.33. The summed E-state index contributed by atoms with van der Waals surface area (Å²) in [5.41, 5.74) is 0.843. The largest absolute Gasteiger partial charge is 0.490 e. The van der Waals surface area contributed by atoms with Crippen LogP contribution in [0.4, 0.5) is 0 Å². The normalized spacial score (nSPS) is 12.2. The summed E-state index contributed by atoms with van der Waals surface area (Å²) in [5, 5.41) is 13.4. The summed E-state index contributed by atoms with van der Waals surface area (Å²) in [5.74, 6) is 1.40. The fourth-order valence-corrected chi connectivity index (χ4v) is 1.98. The summed E-state index contributed by atoms with van der Waals surface area (Å²) in [7, 11) is 1.67. The first-order valence-electron chi connectivity index (χ1n) is 7.50. The molecule has 0 heterocycles. The van der Waals surface area contributed by atoms with Gasteiger partial charge in [0, 0.05) is 13.7 Å². The van der Waals surface area contributed by atoms with Crippen LogP contribution in [0.3, 0.4) is 0 Å². The molecule has 0 fully saturated rings. The Morgan fingerprint density at radius 1 is 1.10 bits per heavy atom. The highest BCUT2D eigenvalue weighted by atomic mass is 16.5. The van der Waals surface area contributed by atoms with Gasteiger partial charge in [0.1, 0.15) is 0 Å². The molecule has 0 radical (unpaired) electrons. The van der Waals surface area contributed by atoms with Gasteiger partial charge in [0.15, 0.2) is 11.5 Å². The average molecular weight is 297 g/mol. The van der Waals surface area contributed by atoms with Crippen LogP contribution < -0.4 is 14.8 Å². The van der Waals surface area contributed by atoms with Crippen LogP contribution in [-0.4, -0.2) is 45.1 Å². The van der Waals surface area contributed by atoms with E-state index in [0.29, 0.717) is 37.7 Å². The number of hydrogen-bond acceptors (Lipinski definition) is 5. The van der Waals surface area contributed by atoms with E-state index in [1.807, 2.05) is 32.0 Å². The van der Waals surface area contributed by atoms with Crippen LogP contribution in [0.25, 0.3) is 0 Å². The van der Waals surface area contributed by atoms with Crippen molar-refractivity contribution >= 4 is 0 Å². The fraction of sp³-hybridized carbons (Fsp3) is 0.625. The molecule has 0 aliphatic heterocycles. The molecule has 0 aromatic heterocycles. The van der Waals surface area contributed by atoms with E-state index in [-0.39, 0.29) is 0 Å². The Balaban J connectivity index is 2.58. The number of methoxy groups -OCH3 is 1. The predicted octanol–water partition coefficient (Wildman–Crippen LogP) is 2.14. The summed E-state index contributed by atoms with van der Waals surface area (Å²) < 4.78 is 16.0. The summed E-state index contributed by atoms with van der Waals surface area (Å²) in [4.78, 5) is 0. The van der Waals surface area contributed by atoms with E-state index in [9.17, 15) is 5.11 Å². The van der Waals surface area contributed by atoms with E-state index in [1.165, 1.54) is 0 Å². The van der Waals surface area contributed by atoms with Crippen LogP contribution in [0.15, 0.2) is 18.2 Å². The van der Waals surface area contributed by atoms with Gasteiger partial charge in [-0.3, -0.25) is 0 Å². The standard InChI is InChI=1S/C16H27NO4/c1-4-20-15-7-6-13(12-16(15)21-5-2)14(18)8-9-17-10-11-19-3/h6-7,12,14,17-18H,4-5,8-11H2,1-3H3. The molecule has 1 atom stereocenters. The number of aliphatic hydroxyl groups excluding tert-OH is 1. The van der Waals surface area contributed by atoms with E-state index in [4.69, 9.17) is 14.2 Å². The highest BCUT2D eigenvalue weighted by Gasteiger charge is 2.12. The highest BCUT2D eigenvalue weighted by Crippen LogP contribution is 2.31. The molecular weight excluding hydrogens is 270 g/mol. The van der Waals surface area contributed by atoms with Gasteiger partial charge in [0.2, 0.25) is 0 Å². The minimum Gasteiger partial charge on any atom is -0.490 e. The second-order valence-corrected chi connectivity index (χ2v) is 4.62. The highest BCUT2D eigenvalue weighted by molar-refractivity contribution is 5.43. The van der Waals surface area contributed by atoms with Crippen molar-refractivity contribution in [1.82, 2.24) is 5.32 Å². The molecule has 0 amide bonds. The van der Waals surface area contributed by atoms with Crippen molar-refractivity contribution in [3.8, 4) is 11.5 Å².